The molecule has 31 heavy (non-hydrogen) atoms. The summed E-state index contributed by atoms with van der Waals surface area (Å²) >= 11 is 0. The smallest absolute Gasteiger partial charge is 0.100 e. The monoisotopic (exact) mass is 420 g/mol. The second-order valence-corrected chi connectivity index (χ2v) is 9.54. The van der Waals surface area contributed by atoms with E-state index in [2.05, 4.69) is 43.3 Å². The number of allylic oxidation sites excluding steroid dienone is 1. The summed E-state index contributed by atoms with van der Waals surface area (Å²) in [4.78, 5) is 0. The van der Waals surface area contributed by atoms with E-state index in [1.807, 2.05) is 19.1 Å². The van der Waals surface area contributed by atoms with Crippen molar-refractivity contribution in [2.75, 3.05) is 0 Å². The van der Waals surface area contributed by atoms with Crippen LogP contribution in [-0.4, -0.2) is 0 Å². The van der Waals surface area contributed by atoms with Gasteiger partial charge in [0.25, 0.3) is 0 Å². The Hall–Kier alpha value is -1.89. The quantitative estimate of drug-likeness (QED) is 0.317. The molecule has 0 atom stereocenters. The molecule has 0 aromatic heterocycles. The van der Waals surface area contributed by atoms with Gasteiger partial charge >= 0.3 is 0 Å². The van der Waals surface area contributed by atoms with E-state index in [1.165, 1.54) is 62.5 Å². The first kappa shape index (κ1) is 23.8. The Balaban J connectivity index is 1.44. The second kappa shape index (κ2) is 12.8. The maximum absolute atomic E-state index is 13.7. The molecule has 0 spiro atoms. The number of aryl methyl sites for hydroxylation is 2. The predicted octanol–water partition coefficient (Wildman–Crippen LogP) is 9.44. The van der Waals surface area contributed by atoms with Gasteiger partial charge in [-0.2, -0.15) is 0 Å². The van der Waals surface area contributed by atoms with Crippen LogP contribution >= 0.6 is 0 Å². The fourth-order valence-corrected chi connectivity index (χ4v) is 4.98. The first-order valence-electron chi connectivity index (χ1n) is 12.7. The zero-order valence-corrected chi connectivity index (χ0v) is 19.7. The van der Waals surface area contributed by atoms with Gasteiger partial charge in [-0.25, -0.2) is 4.39 Å². The molecule has 1 fully saturated rings. The fraction of sp³-hybridized carbons (Fsp3) is 0.533. The van der Waals surface area contributed by atoms with Gasteiger partial charge in [-0.3, -0.25) is 0 Å². The Labute approximate surface area is 190 Å². The lowest BCUT2D eigenvalue weighted by atomic mass is 9.77. The fourth-order valence-electron chi connectivity index (χ4n) is 4.98. The lowest BCUT2D eigenvalue weighted by molar-refractivity contribution is 0.303. The molecule has 0 heterocycles. The summed E-state index contributed by atoms with van der Waals surface area (Å²) in [5.74, 6) is 1.72. The molecular formula is C30H41F. The number of rotatable bonds is 11. The van der Waals surface area contributed by atoms with Crippen LogP contribution in [0.2, 0.25) is 0 Å². The Morgan fingerprint density at radius 1 is 0.806 bits per heavy atom. The van der Waals surface area contributed by atoms with Crippen molar-refractivity contribution < 1.29 is 4.39 Å². The minimum atomic E-state index is -0.0275. The summed E-state index contributed by atoms with van der Waals surface area (Å²) in [5, 5.41) is 0. The average molecular weight is 421 g/mol. The highest BCUT2D eigenvalue weighted by Gasteiger charge is 2.21. The molecular weight excluding hydrogens is 379 g/mol. The first-order chi connectivity index (χ1) is 15.2. The molecule has 0 N–H and O–H groups in total. The molecule has 0 bridgehead atoms. The van der Waals surface area contributed by atoms with Gasteiger partial charge in [0.15, 0.2) is 0 Å². The van der Waals surface area contributed by atoms with Gasteiger partial charge in [0, 0.05) is 0 Å². The molecule has 168 valence electrons. The number of benzene rings is 2. The molecule has 1 aliphatic rings. The maximum atomic E-state index is 13.7. The van der Waals surface area contributed by atoms with E-state index in [9.17, 15) is 4.39 Å². The number of halogens is 1. The second-order valence-electron chi connectivity index (χ2n) is 9.54. The molecule has 0 unspecified atom stereocenters. The molecule has 1 aliphatic carbocycles. The highest BCUT2D eigenvalue weighted by molar-refractivity contribution is 5.51. The van der Waals surface area contributed by atoms with Crippen molar-refractivity contribution in [2.45, 2.75) is 96.8 Å². The number of hydrogen-bond acceptors (Lipinski definition) is 0. The number of hydrogen-bond donors (Lipinski definition) is 0. The Kier molecular flexibility index (Phi) is 9.85. The van der Waals surface area contributed by atoms with Crippen molar-refractivity contribution in [1.29, 1.82) is 0 Å². The number of unbranched alkanes of at least 4 members (excludes halogenated alkanes) is 2. The van der Waals surface area contributed by atoms with Crippen LogP contribution in [0.5, 0.6) is 0 Å². The van der Waals surface area contributed by atoms with Gasteiger partial charge in [0.2, 0.25) is 0 Å². The van der Waals surface area contributed by atoms with Crippen molar-refractivity contribution in [3.05, 3.63) is 76.6 Å². The summed E-state index contributed by atoms with van der Waals surface area (Å²) in [7, 11) is 0. The summed E-state index contributed by atoms with van der Waals surface area (Å²) in [6.07, 6.45) is 16.3. The predicted molar refractivity (Wildman–Crippen MR) is 133 cm³/mol. The Morgan fingerprint density at radius 3 is 2.00 bits per heavy atom. The van der Waals surface area contributed by atoms with E-state index in [4.69, 9.17) is 0 Å². The lowest BCUT2D eigenvalue weighted by Crippen LogP contribution is -2.13. The highest BCUT2D eigenvalue weighted by Crippen LogP contribution is 2.37. The minimum absolute atomic E-state index is 0.0275. The van der Waals surface area contributed by atoms with E-state index in [0.717, 1.165) is 36.7 Å². The van der Waals surface area contributed by atoms with Gasteiger partial charge in [-0.1, -0.05) is 88.1 Å². The summed E-state index contributed by atoms with van der Waals surface area (Å²) in [5.41, 5.74) is 5.23. The standard InChI is InChI=1S/C30H41F/c1-3-5-6-8-24-15-19-28(20-16-24)29-21-17-26(18-22-29)10-9-25-11-13-27(14-12-25)23-30(31)7-4-2/h11-14,17-18,21-24,28H,3-10,15-16,19-20H2,1-2H3/b30-23+. The molecule has 0 nitrogen and oxygen atoms in total. The zero-order valence-electron chi connectivity index (χ0n) is 19.7. The third-order valence-corrected chi connectivity index (χ3v) is 7.01. The largest absolute Gasteiger partial charge is 0.212 e. The van der Waals surface area contributed by atoms with Crippen molar-refractivity contribution >= 4 is 6.08 Å². The van der Waals surface area contributed by atoms with Crippen LogP contribution < -0.4 is 0 Å². The van der Waals surface area contributed by atoms with Crippen molar-refractivity contribution in [3.63, 3.8) is 0 Å². The molecule has 1 saturated carbocycles. The highest BCUT2D eigenvalue weighted by atomic mass is 19.1. The normalized spacial score (nSPS) is 19.5. The Bertz CT molecular complexity index is 776. The van der Waals surface area contributed by atoms with Gasteiger partial charge in [0.1, 0.15) is 5.83 Å². The van der Waals surface area contributed by atoms with E-state index in [-0.39, 0.29) is 5.83 Å². The molecule has 2 aromatic carbocycles. The van der Waals surface area contributed by atoms with Crippen LogP contribution in [0, 0.1) is 5.92 Å². The van der Waals surface area contributed by atoms with Crippen molar-refractivity contribution in [1.82, 2.24) is 0 Å². The van der Waals surface area contributed by atoms with Crippen molar-refractivity contribution in [3.8, 4) is 0 Å². The van der Waals surface area contributed by atoms with Gasteiger partial charge in [0.05, 0.1) is 0 Å². The van der Waals surface area contributed by atoms with Gasteiger partial charge in [-0.05, 0) is 91.5 Å². The third kappa shape index (κ3) is 7.95. The van der Waals surface area contributed by atoms with Gasteiger partial charge < -0.3 is 0 Å². The minimum Gasteiger partial charge on any atom is -0.212 e. The van der Waals surface area contributed by atoms with E-state index in [0.29, 0.717) is 6.42 Å². The van der Waals surface area contributed by atoms with E-state index in [1.54, 1.807) is 11.6 Å². The van der Waals surface area contributed by atoms with Crippen molar-refractivity contribution in [2.24, 2.45) is 5.92 Å². The SMILES string of the molecule is CCCCCC1CCC(c2ccc(CCc3ccc(/C=C(/F)CCC)cc3)cc2)CC1. The van der Waals surface area contributed by atoms with Crippen LogP contribution in [0.1, 0.15) is 106 Å². The summed E-state index contributed by atoms with van der Waals surface area (Å²) in [6.45, 7) is 4.30. The maximum Gasteiger partial charge on any atom is 0.100 e. The molecule has 0 saturated heterocycles. The molecule has 0 aliphatic heterocycles. The van der Waals surface area contributed by atoms with Crippen LogP contribution in [0.3, 0.4) is 0 Å². The molecule has 0 radical (unpaired) electrons. The first-order valence-corrected chi connectivity index (χ1v) is 12.7. The van der Waals surface area contributed by atoms with Gasteiger partial charge in [-0.15, -0.1) is 0 Å². The average Bonchev–Trinajstić information content (AvgIpc) is 2.80. The molecule has 3 rings (SSSR count). The van der Waals surface area contributed by atoms with Crippen LogP contribution in [-0.2, 0) is 12.8 Å². The zero-order chi connectivity index (χ0) is 21.9. The third-order valence-electron chi connectivity index (χ3n) is 7.01. The van der Waals surface area contributed by atoms with E-state index < -0.39 is 0 Å². The Morgan fingerprint density at radius 2 is 1.42 bits per heavy atom. The molecule has 0 amide bonds. The van der Waals surface area contributed by atoms with Crippen LogP contribution in [0.4, 0.5) is 4.39 Å². The van der Waals surface area contributed by atoms with Crippen LogP contribution in [0.25, 0.3) is 6.08 Å². The van der Waals surface area contributed by atoms with E-state index >= 15 is 0 Å². The molecule has 1 heteroatoms. The van der Waals surface area contributed by atoms with Crippen LogP contribution in [0.15, 0.2) is 54.4 Å². The molecule has 2 aromatic rings. The summed E-state index contributed by atoms with van der Waals surface area (Å²) in [6, 6.07) is 17.8. The topological polar surface area (TPSA) is 0 Å². The lowest BCUT2D eigenvalue weighted by Gasteiger charge is -2.29. The summed E-state index contributed by atoms with van der Waals surface area (Å²) < 4.78 is 13.7.